The molecule has 0 saturated carbocycles. The average Bonchev–Trinajstić information content (AvgIpc) is 2.11. The zero-order chi connectivity index (χ0) is 8.65. The predicted octanol–water partition coefficient (Wildman–Crippen LogP) is 2.69. The maximum absolute atomic E-state index is 4.17. The molecule has 1 heteroatoms. The van der Waals surface area contributed by atoms with E-state index in [0.29, 0.717) is 0 Å². The molecule has 0 atom stereocenters. The van der Waals surface area contributed by atoms with Gasteiger partial charge in [0.15, 0.2) is 0 Å². The molecule has 0 aromatic carbocycles. The zero-order valence-corrected chi connectivity index (χ0v) is 7.27. The number of nitrogens with zero attached hydrogens (tertiary/aromatic N) is 1. The molecule has 0 bridgehead atoms. The Hall–Kier alpha value is -1.37. The summed E-state index contributed by atoms with van der Waals surface area (Å²) in [5, 5.41) is 0. The highest BCUT2D eigenvalue weighted by molar-refractivity contribution is 5.71. The van der Waals surface area contributed by atoms with Crippen LogP contribution >= 0.6 is 0 Å². The van der Waals surface area contributed by atoms with Gasteiger partial charge in [0.05, 0.1) is 6.54 Å². The van der Waals surface area contributed by atoms with Crippen molar-refractivity contribution in [3.8, 4) is 0 Å². The first-order valence-electron chi connectivity index (χ1n) is 4.06. The van der Waals surface area contributed by atoms with Gasteiger partial charge >= 0.3 is 0 Å². The molecule has 1 heterocycles. The summed E-state index contributed by atoms with van der Waals surface area (Å²) in [6.07, 6.45) is 15.9. The minimum Gasteiger partial charge on any atom is -0.289 e. The van der Waals surface area contributed by atoms with Crippen LogP contribution in [0.4, 0.5) is 0 Å². The Bertz CT molecular complexity index is 262. The van der Waals surface area contributed by atoms with Crippen LogP contribution in [0, 0.1) is 0 Å². The van der Waals surface area contributed by atoms with Crippen LogP contribution in [0.2, 0.25) is 0 Å². The molecule has 0 aliphatic carbocycles. The fourth-order valence-electron chi connectivity index (χ4n) is 0.836. The van der Waals surface area contributed by atoms with Crippen molar-refractivity contribution in [3.05, 3.63) is 48.1 Å². The van der Waals surface area contributed by atoms with Gasteiger partial charge in [0.25, 0.3) is 0 Å². The molecule has 12 heavy (non-hydrogen) atoms. The van der Waals surface area contributed by atoms with E-state index in [0.717, 1.165) is 6.54 Å². The molecule has 0 aromatic rings. The smallest absolute Gasteiger partial charge is 0.0575 e. The second-order valence-electron chi connectivity index (χ2n) is 2.59. The summed E-state index contributed by atoms with van der Waals surface area (Å²) in [6, 6.07) is 0. The van der Waals surface area contributed by atoms with Gasteiger partial charge in [0, 0.05) is 6.21 Å². The van der Waals surface area contributed by atoms with Crippen LogP contribution in [0.1, 0.15) is 6.92 Å². The van der Waals surface area contributed by atoms with Crippen molar-refractivity contribution < 1.29 is 0 Å². The van der Waals surface area contributed by atoms with Crippen LogP contribution < -0.4 is 0 Å². The fraction of sp³-hybridized carbons (Fsp3) is 0.182. The monoisotopic (exact) mass is 159 g/mol. The van der Waals surface area contributed by atoms with Crippen molar-refractivity contribution >= 4 is 6.21 Å². The fourth-order valence-corrected chi connectivity index (χ4v) is 0.836. The minimum absolute atomic E-state index is 0.764. The van der Waals surface area contributed by atoms with E-state index in [1.54, 1.807) is 0 Å². The van der Waals surface area contributed by atoms with Crippen molar-refractivity contribution in [3.63, 3.8) is 0 Å². The number of hydrogen-bond donors (Lipinski definition) is 0. The van der Waals surface area contributed by atoms with Crippen LogP contribution in [-0.2, 0) is 0 Å². The predicted molar refractivity (Wildman–Crippen MR) is 54.5 cm³/mol. The summed E-state index contributed by atoms with van der Waals surface area (Å²) in [4.78, 5) is 4.17. The van der Waals surface area contributed by atoms with Gasteiger partial charge in [-0.25, -0.2) is 0 Å². The maximum Gasteiger partial charge on any atom is 0.0575 e. The van der Waals surface area contributed by atoms with Gasteiger partial charge in [-0.05, 0) is 13.0 Å². The Morgan fingerprint density at radius 3 is 2.75 bits per heavy atom. The van der Waals surface area contributed by atoms with Crippen molar-refractivity contribution in [1.82, 2.24) is 0 Å². The SMILES string of the molecule is CC1=CCN=C/C=C\C=C\C=C1. The van der Waals surface area contributed by atoms with Gasteiger partial charge in [-0.1, -0.05) is 42.0 Å². The number of hydrogen-bond acceptors (Lipinski definition) is 1. The molecule has 62 valence electrons. The van der Waals surface area contributed by atoms with Gasteiger partial charge in [-0.2, -0.15) is 0 Å². The molecule has 0 aromatic heterocycles. The second kappa shape index (κ2) is 5.30. The van der Waals surface area contributed by atoms with Crippen molar-refractivity contribution in [2.75, 3.05) is 6.54 Å². The van der Waals surface area contributed by atoms with Crippen LogP contribution in [-0.4, -0.2) is 12.8 Å². The Morgan fingerprint density at radius 1 is 1.08 bits per heavy atom. The number of rotatable bonds is 0. The van der Waals surface area contributed by atoms with E-state index in [1.807, 2.05) is 36.6 Å². The summed E-state index contributed by atoms with van der Waals surface area (Å²) in [5.41, 5.74) is 1.25. The molecule has 0 radical (unpaired) electrons. The van der Waals surface area contributed by atoms with Crippen LogP contribution in [0.25, 0.3) is 0 Å². The van der Waals surface area contributed by atoms with Gasteiger partial charge in [0.2, 0.25) is 0 Å². The summed E-state index contributed by atoms with van der Waals surface area (Å²) >= 11 is 0. The van der Waals surface area contributed by atoms with Gasteiger partial charge in [0.1, 0.15) is 0 Å². The first-order chi connectivity index (χ1) is 5.89. The van der Waals surface area contributed by atoms with E-state index in [2.05, 4.69) is 24.1 Å². The van der Waals surface area contributed by atoms with Crippen LogP contribution in [0.15, 0.2) is 53.1 Å². The molecule has 1 aliphatic rings. The summed E-state index contributed by atoms with van der Waals surface area (Å²) in [5.74, 6) is 0. The molecule has 0 spiro atoms. The maximum atomic E-state index is 4.17. The molecule has 0 N–H and O–H groups in total. The third-order valence-electron chi connectivity index (χ3n) is 1.51. The summed E-state index contributed by atoms with van der Waals surface area (Å²) in [7, 11) is 0. The van der Waals surface area contributed by atoms with E-state index in [4.69, 9.17) is 0 Å². The lowest BCUT2D eigenvalue weighted by molar-refractivity contribution is 1.23. The van der Waals surface area contributed by atoms with E-state index >= 15 is 0 Å². The number of allylic oxidation sites excluding steroid dienone is 7. The molecule has 1 nitrogen and oxygen atoms in total. The third-order valence-corrected chi connectivity index (χ3v) is 1.51. The third kappa shape index (κ3) is 3.71. The average molecular weight is 159 g/mol. The van der Waals surface area contributed by atoms with Gasteiger partial charge in [-0.15, -0.1) is 0 Å². The van der Waals surface area contributed by atoms with E-state index in [1.165, 1.54) is 5.57 Å². The lowest BCUT2D eigenvalue weighted by atomic mass is 10.2. The summed E-state index contributed by atoms with van der Waals surface area (Å²) < 4.78 is 0. The molecule has 0 amide bonds. The van der Waals surface area contributed by atoms with Gasteiger partial charge < -0.3 is 0 Å². The van der Waals surface area contributed by atoms with Crippen LogP contribution in [0.3, 0.4) is 0 Å². The van der Waals surface area contributed by atoms with E-state index in [-0.39, 0.29) is 0 Å². The minimum atomic E-state index is 0.764. The Balaban J connectivity index is 2.72. The first kappa shape index (κ1) is 8.72. The van der Waals surface area contributed by atoms with Crippen LogP contribution in [0.5, 0.6) is 0 Å². The lowest BCUT2D eigenvalue weighted by Gasteiger charge is -1.87. The van der Waals surface area contributed by atoms with Crippen molar-refractivity contribution in [2.24, 2.45) is 4.99 Å². The molecule has 1 aliphatic heterocycles. The highest BCUT2D eigenvalue weighted by Crippen LogP contribution is 1.95. The van der Waals surface area contributed by atoms with Crippen molar-refractivity contribution in [2.45, 2.75) is 6.92 Å². The standard InChI is InChI=1S/C11H13N/c1-11-7-5-3-2-4-6-9-12-10-8-11/h2-9H,10H2,1H3/b3-2+,6-4-,7-5?,11-8?,12-9?. The lowest BCUT2D eigenvalue weighted by Crippen LogP contribution is -1.75. The van der Waals surface area contributed by atoms with E-state index in [9.17, 15) is 0 Å². The van der Waals surface area contributed by atoms with Crippen molar-refractivity contribution in [1.29, 1.82) is 0 Å². The second-order valence-corrected chi connectivity index (χ2v) is 2.59. The first-order valence-corrected chi connectivity index (χ1v) is 4.06. The Morgan fingerprint density at radius 2 is 1.83 bits per heavy atom. The molecule has 0 saturated heterocycles. The highest BCUT2D eigenvalue weighted by atomic mass is 14.7. The Labute approximate surface area is 73.5 Å². The zero-order valence-electron chi connectivity index (χ0n) is 7.27. The molecular formula is C11H13N. The molecule has 0 unspecified atom stereocenters. The Kier molecular flexibility index (Phi) is 3.86. The largest absolute Gasteiger partial charge is 0.289 e. The van der Waals surface area contributed by atoms with E-state index < -0.39 is 0 Å². The molecular weight excluding hydrogens is 146 g/mol. The highest BCUT2D eigenvalue weighted by Gasteiger charge is 1.79. The molecule has 1 rings (SSSR count). The molecule has 0 fully saturated rings. The normalized spacial score (nSPS) is 22.6. The number of aliphatic imine (C=N–C) groups is 1. The quantitative estimate of drug-likeness (QED) is 0.515. The summed E-state index contributed by atoms with van der Waals surface area (Å²) in [6.45, 7) is 2.84. The topological polar surface area (TPSA) is 12.4 Å². The van der Waals surface area contributed by atoms with Gasteiger partial charge in [-0.3, -0.25) is 4.99 Å².